The van der Waals surface area contributed by atoms with Crippen LogP contribution in [0.15, 0.2) is 29.4 Å². The highest BCUT2D eigenvalue weighted by Gasteiger charge is 2.49. The number of carbonyl (C=O) groups excluding carboxylic acids is 1. The molecule has 126 valence electrons. The van der Waals surface area contributed by atoms with Gasteiger partial charge < -0.3 is 9.47 Å². The molecule has 5 nitrogen and oxygen atoms in total. The van der Waals surface area contributed by atoms with Gasteiger partial charge >= 0.3 is 12.1 Å². The minimum absolute atomic E-state index is 0.355. The smallest absolute Gasteiger partial charge is 0.431 e. The molecule has 1 aromatic rings. The topological polar surface area (TPSA) is 51.1 Å². The maximum absolute atomic E-state index is 13.1. The Balaban J connectivity index is 2.40. The first-order valence-electron chi connectivity index (χ1n) is 7.09. The first kappa shape index (κ1) is 17.1. The molecule has 0 fully saturated rings. The lowest BCUT2D eigenvalue weighted by Gasteiger charge is -2.26. The van der Waals surface area contributed by atoms with Crippen molar-refractivity contribution in [3.8, 4) is 5.75 Å². The fraction of sp³-hybridized carbons (Fsp3) is 0.467. The maximum atomic E-state index is 13.1. The predicted octanol–water partition coefficient (Wildman–Crippen LogP) is 3.35. The molecule has 0 spiro atoms. The molecule has 0 saturated heterocycles. The van der Waals surface area contributed by atoms with E-state index < -0.39 is 30.0 Å². The van der Waals surface area contributed by atoms with E-state index >= 15 is 0 Å². The second-order valence-electron chi connectivity index (χ2n) is 5.05. The molecule has 2 rings (SSSR count). The van der Waals surface area contributed by atoms with Crippen LogP contribution in [-0.2, 0) is 9.53 Å². The Morgan fingerprint density at radius 2 is 2.09 bits per heavy atom. The Labute approximate surface area is 131 Å². The third-order valence-electron chi connectivity index (χ3n) is 3.29. The van der Waals surface area contributed by atoms with Gasteiger partial charge in [-0.25, -0.2) is 5.01 Å². The Kier molecular flexibility index (Phi) is 4.82. The molecule has 8 heteroatoms. The molecule has 2 unspecified atom stereocenters. The molecule has 0 saturated carbocycles. The zero-order valence-electron chi connectivity index (χ0n) is 12.9. The van der Waals surface area contributed by atoms with Gasteiger partial charge in [0.15, 0.2) is 5.71 Å². The zero-order valence-corrected chi connectivity index (χ0v) is 12.9. The number of esters is 1. The summed E-state index contributed by atoms with van der Waals surface area (Å²) >= 11 is 0. The molecule has 1 aromatic carbocycles. The second-order valence-corrected chi connectivity index (χ2v) is 5.05. The highest BCUT2D eigenvalue weighted by atomic mass is 19.4. The molecule has 0 aliphatic carbocycles. The van der Waals surface area contributed by atoms with Crippen molar-refractivity contribution in [2.75, 3.05) is 11.6 Å². The molecule has 23 heavy (non-hydrogen) atoms. The number of hydrazone groups is 1. The highest BCUT2D eigenvalue weighted by molar-refractivity contribution is 5.95. The zero-order chi connectivity index (χ0) is 17.2. The van der Waals surface area contributed by atoms with Crippen molar-refractivity contribution in [1.29, 1.82) is 0 Å². The number of alkyl halides is 3. The maximum Gasteiger partial charge on any atom is 0.431 e. The van der Waals surface area contributed by atoms with Crippen molar-refractivity contribution in [2.45, 2.75) is 33.2 Å². The number of benzene rings is 1. The molecule has 0 radical (unpaired) electrons. The summed E-state index contributed by atoms with van der Waals surface area (Å²) in [7, 11) is 0. The molecule has 0 amide bonds. The molecular weight excluding hydrogens is 313 g/mol. The van der Waals surface area contributed by atoms with Gasteiger partial charge in [-0.3, -0.25) is 4.79 Å². The minimum atomic E-state index is -4.59. The first-order chi connectivity index (χ1) is 10.7. The number of rotatable bonds is 4. The predicted molar refractivity (Wildman–Crippen MR) is 78.3 cm³/mol. The Bertz CT molecular complexity index is 616. The average molecular weight is 330 g/mol. The lowest BCUT2D eigenvalue weighted by Crippen LogP contribution is -2.38. The van der Waals surface area contributed by atoms with E-state index in [0.717, 1.165) is 11.9 Å². The van der Waals surface area contributed by atoms with Crippen LogP contribution in [0.5, 0.6) is 5.75 Å². The molecule has 2 atom stereocenters. The summed E-state index contributed by atoms with van der Waals surface area (Å²) in [6.45, 7) is 4.69. The molecule has 0 N–H and O–H groups in total. The van der Waals surface area contributed by atoms with E-state index in [4.69, 9.17) is 9.47 Å². The number of anilines is 1. The molecule has 0 aromatic heterocycles. The number of hydrogen-bond donors (Lipinski definition) is 0. The third-order valence-corrected chi connectivity index (χ3v) is 3.29. The van der Waals surface area contributed by atoms with Crippen LogP contribution in [0.2, 0.25) is 0 Å². The molecule has 0 bridgehead atoms. The molecule has 1 heterocycles. The van der Waals surface area contributed by atoms with Gasteiger partial charge in [-0.05, 0) is 19.1 Å². The van der Waals surface area contributed by atoms with E-state index in [2.05, 4.69) is 5.10 Å². The number of carbonyl (C=O) groups is 1. The minimum Gasteiger partial charge on any atom is -0.494 e. The van der Waals surface area contributed by atoms with Crippen LogP contribution in [0, 0.1) is 5.92 Å². The fourth-order valence-corrected chi connectivity index (χ4v) is 2.33. The summed E-state index contributed by atoms with van der Waals surface area (Å²) in [6, 6.07) is 6.45. The number of hydrogen-bond acceptors (Lipinski definition) is 5. The van der Waals surface area contributed by atoms with E-state index in [9.17, 15) is 18.0 Å². The van der Waals surface area contributed by atoms with Gasteiger partial charge in [-0.1, -0.05) is 13.0 Å². The summed E-state index contributed by atoms with van der Waals surface area (Å²) in [4.78, 5) is 11.2. The number of halogens is 3. The van der Waals surface area contributed by atoms with E-state index in [0.29, 0.717) is 18.0 Å². The van der Waals surface area contributed by atoms with Crippen LogP contribution < -0.4 is 9.75 Å². The average Bonchev–Trinajstić information content (AvgIpc) is 2.76. The highest BCUT2D eigenvalue weighted by Crippen LogP contribution is 2.36. The van der Waals surface area contributed by atoms with Crippen LogP contribution >= 0.6 is 0 Å². The van der Waals surface area contributed by atoms with Crippen molar-refractivity contribution >= 4 is 17.4 Å². The van der Waals surface area contributed by atoms with Crippen LogP contribution in [0.3, 0.4) is 0 Å². The van der Waals surface area contributed by atoms with Gasteiger partial charge in [0.05, 0.1) is 18.2 Å². The van der Waals surface area contributed by atoms with Gasteiger partial charge in [0, 0.05) is 13.0 Å². The largest absolute Gasteiger partial charge is 0.494 e. The van der Waals surface area contributed by atoms with Gasteiger partial charge in [-0.15, -0.1) is 0 Å². The lowest BCUT2D eigenvalue weighted by atomic mass is 10.0. The van der Waals surface area contributed by atoms with Crippen LogP contribution in [0.4, 0.5) is 18.9 Å². The van der Waals surface area contributed by atoms with E-state index in [-0.39, 0.29) is 0 Å². The van der Waals surface area contributed by atoms with E-state index in [1.165, 1.54) is 6.92 Å². The quantitative estimate of drug-likeness (QED) is 0.795. The summed E-state index contributed by atoms with van der Waals surface area (Å²) in [5.74, 6) is -1.28. The van der Waals surface area contributed by atoms with Gasteiger partial charge in [0.2, 0.25) is 6.23 Å². The second kappa shape index (κ2) is 6.47. The standard InChI is InChI=1S/C15H17F3N2O3/c1-4-22-12-7-5-6-11(8-12)20-14(23-10(3)21)9(2)13(19-20)15(16,17)18/h5-9,14H,4H2,1-3H3. The molecule has 1 aliphatic heterocycles. The SMILES string of the molecule is CCOc1cccc(N2N=C(C(F)(F)F)C(C)C2OC(C)=O)c1. The normalized spacial score (nSPS) is 21.1. The van der Waals surface area contributed by atoms with E-state index in [1.807, 2.05) is 0 Å². The Hall–Kier alpha value is -2.25. The Morgan fingerprint density at radius 3 is 2.65 bits per heavy atom. The van der Waals surface area contributed by atoms with Gasteiger partial charge in [0.1, 0.15) is 5.75 Å². The van der Waals surface area contributed by atoms with E-state index in [1.54, 1.807) is 31.2 Å². The van der Waals surface area contributed by atoms with Gasteiger partial charge in [-0.2, -0.15) is 18.3 Å². The fourth-order valence-electron chi connectivity index (χ4n) is 2.33. The van der Waals surface area contributed by atoms with Crippen LogP contribution in [0.1, 0.15) is 20.8 Å². The number of ether oxygens (including phenoxy) is 2. The van der Waals surface area contributed by atoms with Crippen molar-refractivity contribution in [3.63, 3.8) is 0 Å². The van der Waals surface area contributed by atoms with Crippen molar-refractivity contribution in [2.24, 2.45) is 11.0 Å². The monoisotopic (exact) mass is 330 g/mol. The number of nitrogens with zero attached hydrogens (tertiary/aromatic N) is 2. The third kappa shape index (κ3) is 3.75. The molecule has 1 aliphatic rings. The summed E-state index contributed by atoms with van der Waals surface area (Å²) in [6.07, 6.45) is -5.75. The van der Waals surface area contributed by atoms with Crippen LogP contribution in [-0.4, -0.2) is 30.7 Å². The lowest BCUT2D eigenvalue weighted by molar-refractivity contribution is -0.147. The summed E-state index contributed by atoms with van der Waals surface area (Å²) < 4.78 is 49.7. The van der Waals surface area contributed by atoms with Gasteiger partial charge in [0.25, 0.3) is 0 Å². The summed E-state index contributed by atoms with van der Waals surface area (Å²) in [5.41, 5.74) is -0.626. The molecular formula is C15H17F3N2O3. The van der Waals surface area contributed by atoms with Crippen molar-refractivity contribution in [3.05, 3.63) is 24.3 Å². The van der Waals surface area contributed by atoms with Crippen molar-refractivity contribution in [1.82, 2.24) is 0 Å². The summed E-state index contributed by atoms with van der Waals surface area (Å²) in [5, 5.41) is 4.71. The first-order valence-corrected chi connectivity index (χ1v) is 7.09. The van der Waals surface area contributed by atoms with Crippen LogP contribution in [0.25, 0.3) is 0 Å². The van der Waals surface area contributed by atoms with Crippen molar-refractivity contribution < 1.29 is 27.4 Å². The Morgan fingerprint density at radius 1 is 1.39 bits per heavy atom.